The van der Waals surface area contributed by atoms with Crippen LogP contribution in [0.2, 0.25) is 0 Å². The summed E-state index contributed by atoms with van der Waals surface area (Å²) in [5.41, 5.74) is 3.87. The minimum Gasteiger partial charge on any atom is -0.357 e. The largest absolute Gasteiger partial charge is 0.390 e. The van der Waals surface area contributed by atoms with E-state index in [1.807, 2.05) is 13.0 Å². The predicted molar refractivity (Wildman–Crippen MR) is 82.0 cm³/mol. The van der Waals surface area contributed by atoms with Gasteiger partial charge in [-0.3, -0.25) is 0 Å². The molecule has 0 heterocycles. The van der Waals surface area contributed by atoms with Crippen molar-refractivity contribution in [1.29, 1.82) is 0 Å². The van der Waals surface area contributed by atoms with Gasteiger partial charge in [-0.2, -0.15) is 13.2 Å². The van der Waals surface area contributed by atoms with Gasteiger partial charge < -0.3 is 10.6 Å². The molecule has 2 rings (SSSR count). The lowest BCUT2D eigenvalue weighted by molar-refractivity contribution is -0.132. The van der Waals surface area contributed by atoms with E-state index in [1.54, 1.807) is 0 Å². The van der Waals surface area contributed by atoms with Crippen molar-refractivity contribution in [3.8, 4) is 0 Å². The summed E-state index contributed by atoms with van der Waals surface area (Å²) >= 11 is 0. The predicted octanol–water partition coefficient (Wildman–Crippen LogP) is 3.18. The average molecular weight is 313 g/mol. The number of nitrogens with one attached hydrogen (secondary N) is 2. The van der Waals surface area contributed by atoms with Gasteiger partial charge in [0, 0.05) is 13.1 Å². The molecular weight excluding hydrogens is 291 g/mol. The molecule has 0 atom stereocenters. The van der Waals surface area contributed by atoms with E-state index in [0.29, 0.717) is 19.0 Å². The van der Waals surface area contributed by atoms with Crippen molar-refractivity contribution in [2.75, 3.05) is 13.1 Å². The third-order valence-electron chi connectivity index (χ3n) is 3.63. The molecule has 0 amide bonds. The Morgan fingerprint density at radius 1 is 1.18 bits per heavy atom. The summed E-state index contributed by atoms with van der Waals surface area (Å²) in [4.78, 5) is 4.36. The molecule has 0 radical (unpaired) electrons. The highest BCUT2D eigenvalue weighted by atomic mass is 19.4. The number of halogens is 3. The summed E-state index contributed by atoms with van der Waals surface area (Å²) in [6.45, 7) is 2.80. The van der Waals surface area contributed by atoms with E-state index < -0.39 is 12.6 Å². The van der Waals surface area contributed by atoms with E-state index in [4.69, 9.17) is 0 Å². The highest BCUT2D eigenvalue weighted by Gasteiger charge is 2.26. The summed E-state index contributed by atoms with van der Waals surface area (Å²) in [6.07, 6.45) is -1.57. The first-order valence-corrected chi connectivity index (χ1v) is 7.67. The Balaban J connectivity index is 1.91. The van der Waals surface area contributed by atoms with E-state index in [-0.39, 0.29) is 6.54 Å². The zero-order valence-electron chi connectivity index (χ0n) is 12.8. The Morgan fingerprint density at radius 2 is 1.95 bits per heavy atom. The van der Waals surface area contributed by atoms with Crippen LogP contribution < -0.4 is 10.6 Å². The van der Waals surface area contributed by atoms with Gasteiger partial charge in [-0.25, -0.2) is 4.99 Å². The summed E-state index contributed by atoms with van der Waals surface area (Å²) in [6, 6.07) is 6.34. The molecule has 3 nitrogen and oxygen atoms in total. The smallest absolute Gasteiger partial charge is 0.357 e. The number of nitrogens with zero attached hydrogens (tertiary/aromatic N) is 1. The number of hydrogen-bond acceptors (Lipinski definition) is 1. The molecule has 122 valence electrons. The maximum atomic E-state index is 12.2. The number of aliphatic imine (C=N–C) groups is 1. The molecule has 22 heavy (non-hydrogen) atoms. The minimum atomic E-state index is -4.15. The van der Waals surface area contributed by atoms with Crippen LogP contribution in [0.15, 0.2) is 23.2 Å². The van der Waals surface area contributed by atoms with Gasteiger partial charge in [-0.15, -0.1) is 0 Å². The van der Waals surface area contributed by atoms with Crippen molar-refractivity contribution < 1.29 is 13.2 Å². The summed E-state index contributed by atoms with van der Waals surface area (Å²) < 4.78 is 36.5. The molecule has 6 heteroatoms. The number of rotatable bonds is 5. The Labute approximate surface area is 129 Å². The van der Waals surface area contributed by atoms with E-state index in [0.717, 1.165) is 18.4 Å². The molecule has 0 aliphatic heterocycles. The van der Waals surface area contributed by atoms with Crippen molar-refractivity contribution >= 4 is 5.96 Å². The second-order valence-corrected chi connectivity index (χ2v) is 5.44. The fraction of sp³-hybridized carbons (Fsp3) is 0.562. The van der Waals surface area contributed by atoms with Crippen LogP contribution in [0.5, 0.6) is 0 Å². The SMILES string of the molecule is CCNC(=NCc1ccc2c(c1)CCC2)NCCC(F)(F)F. The molecule has 2 N–H and O–H groups in total. The molecule has 1 aromatic rings. The monoisotopic (exact) mass is 313 g/mol. The second-order valence-electron chi connectivity index (χ2n) is 5.44. The lowest BCUT2D eigenvalue weighted by atomic mass is 10.1. The minimum absolute atomic E-state index is 0.167. The maximum Gasteiger partial charge on any atom is 0.390 e. The number of guanidine groups is 1. The number of hydrogen-bond donors (Lipinski definition) is 2. The van der Waals surface area contributed by atoms with Gasteiger partial charge >= 0.3 is 6.18 Å². The molecule has 0 saturated heterocycles. The van der Waals surface area contributed by atoms with E-state index in [2.05, 4.69) is 27.8 Å². The summed E-state index contributed by atoms with van der Waals surface area (Å²) in [5, 5.41) is 5.68. The number of benzene rings is 1. The Kier molecular flexibility index (Phi) is 5.69. The second kappa shape index (κ2) is 7.51. The first kappa shape index (κ1) is 16.6. The van der Waals surface area contributed by atoms with Crippen LogP contribution >= 0.6 is 0 Å². The van der Waals surface area contributed by atoms with Crippen molar-refractivity contribution in [2.45, 2.75) is 45.3 Å². The van der Waals surface area contributed by atoms with Gasteiger partial charge in [-0.05, 0) is 42.9 Å². The van der Waals surface area contributed by atoms with Crippen molar-refractivity contribution in [3.63, 3.8) is 0 Å². The third kappa shape index (κ3) is 5.24. The number of fused-ring (bicyclic) bond motifs is 1. The molecule has 0 spiro atoms. The molecule has 1 aliphatic carbocycles. The highest BCUT2D eigenvalue weighted by molar-refractivity contribution is 5.79. The topological polar surface area (TPSA) is 36.4 Å². The molecule has 0 unspecified atom stereocenters. The maximum absolute atomic E-state index is 12.2. The van der Waals surface area contributed by atoms with Gasteiger partial charge in [0.2, 0.25) is 0 Å². The lowest BCUT2D eigenvalue weighted by Gasteiger charge is -2.12. The van der Waals surface area contributed by atoms with Gasteiger partial charge in [0.25, 0.3) is 0 Å². The average Bonchev–Trinajstić information content (AvgIpc) is 2.91. The van der Waals surface area contributed by atoms with E-state index in [1.165, 1.54) is 17.5 Å². The van der Waals surface area contributed by atoms with Crippen LogP contribution in [0.1, 0.15) is 36.5 Å². The number of alkyl halides is 3. The van der Waals surface area contributed by atoms with E-state index in [9.17, 15) is 13.2 Å². The van der Waals surface area contributed by atoms with Gasteiger partial charge in [-0.1, -0.05) is 18.2 Å². The fourth-order valence-corrected chi connectivity index (χ4v) is 2.56. The zero-order valence-corrected chi connectivity index (χ0v) is 12.8. The molecular formula is C16H22F3N3. The normalized spacial score (nSPS) is 14.8. The summed E-state index contributed by atoms with van der Waals surface area (Å²) in [7, 11) is 0. The first-order chi connectivity index (χ1) is 10.5. The van der Waals surface area contributed by atoms with Crippen LogP contribution in [0, 0.1) is 0 Å². The van der Waals surface area contributed by atoms with Crippen LogP contribution in [0.25, 0.3) is 0 Å². The number of aryl methyl sites for hydroxylation is 2. The van der Waals surface area contributed by atoms with Gasteiger partial charge in [0.1, 0.15) is 0 Å². The van der Waals surface area contributed by atoms with Gasteiger partial charge in [0.15, 0.2) is 5.96 Å². The van der Waals surface area contributed by atoms with Gasteiger partial charge in [0.05, 0.1) is 13.0 Å². The van der Waals surface area contributed by atoms with E-state index >= 15 is 0 Å². The Hall–Kier alpha value is -1.72. The quantitative estimate of drug-likeness (QED) is 0.647. The van der Waals surface area contributed by atoms with Crippen LogP contribution in [0.4, 0.5) is 13.2 Å². The van der Waals surface area contributed by atoms with Crippen LogP contribution in [-0.4, -0.2) is 25.2 Å². The Morgan fingerprint density at radius 3 is 2.68 bits per heavy atom. The first-order valence-electron chi connectivity index (χ1n) is 7.67. The molecule has 0 bridgehead atoms. The Bertz CT molecular complexity index is 524. The van der Waals surface area contributed by atoms with Crippen LogP contribution in [-0.2, 0) is 19.4 Å². The molecule has 1 aromatic carbocycles. The van der Waals surface area contributed by atoms with Crippen molar-refractivity contribution in [3.05, 3.63) is 34.9 Å². The van der Waals surface area contributed by atoms with Crippen molar-refractivity contribution in [2.24, 2.45) is 4.99 Å². The molecule has 1 aliphatic rings. The highest BCUT2D eigenvalue weighted by Crippen LogP contribution is 2.23. The summed E-state index contributed by atoms with van der Waals surface area (Å²) in [5.74, 6) is 0.423. The lowest BCUT2D eigenvalue weighted by Crippen LogP contribution is -2.38. The zero-order chi connectivity index (χ0) is 16.0. The molecule has 0 saturated carbocycles. The molecule has 0 fully saturated rings. The molecule has 0 aromatic heterocycles. The fourth-order valence-electron chi connectivity index (χ4n) is 2.56. The third-order valence-corrected chi connectivity index (χ3v) is 3.63. The van der Waals surface area contributed by atoms with Crippen molar-refractivity contribution in [1.82, 2.24) is 10.6 Å². The van der Waals surface area contributed by atoms with Crippen LogP contribution in [0.3, 0.4) is 0 Å². The standard InChI is InChI=1S/C16H22F3N3/c1-2-20-15(21-9-8-16(17,18)19)22-11-12-6-7-13-4-3-5-14(13)10-12/h6-7,10H,2-5,8-9,11H2,1H3,(H2,20,21,22).